The van der Waals surface area contributed by atoms with Gasteiger partial charge in [0.1, 0.15) is 11.6 Å². The minimum atomic E-state index is -0.544. The van der Waals surface area contributed by atoms with Crippen LogP contribution in [0.25, 0.3) is 0 Å². The maximum absolute atomic E-state index is 13.2. The Morgan fingerprint density at radius 1 is 1.40 bits per heavy atom. The summed E-state index contributed by atoms with van der Waals surface area (Å²) in [6, 6.07) is 7.08. The molecule has 0 aliphatic carbocycles. The maximum atomic E-state index is 13.2. The van der Waals surface area contributed by atoms with Gasteiger partial charge in [0.2, 0.25) is 5.76 Å². The second-order valence-electron chi connectivity index (χ2n) is 4.22. The minimum Gasteiger partial charge on any atom is -0.463 e. The lowest BCUT2D eigenvalue weighted by Crippen LogP contribution is -2.06. The third-order valence-electron chi connectivity index (χ3n) is 2.69. The fraction of sp³-hybridized carbons (Fsp3) is 0.214. The number of furan rings is 1. The van der Waals surface area contributed by atoms with E-state index in [0.29, 0.717) is 16.5 Å². The summed E-state index contributed by atoms with van der Waals surface area (Å²) in [7, 11) is 1.28. The van der Waals surface area contributed by atoms with E-state index in [2.05, 4.69) is 10.1 Å². The van der Waals surface area contributed by atoms with Crippen molar-refractivity contribution in [1.82, 2.24) is 0 Å². The molecule has 0 spiro atoms. The molecular weight excluding hydrogens is 285 g/mol. The van der Waals surface area contributed by atoms with Crippen molar-refractivity contribution < 1.29 is 18.3 Å². The van der Waals surface area contributed by atoms with Crippen LogP contribution in [0.3, 0.4) is 0 Å². The lowest BCUT2D eigenvalue weighted by Gasteiger charge is -2.13. The molecular formula is C14H13ClFNO3. The van der Waals surface area contributed by atoms with E-state index >= 15 is 0 Å². The zero-order valence-corrected chi connectivity index (χ0v) is 11.7. The van der Waals surface area contributed by atoms with Crippen LogP contribution in [-0.4, -0.2) is 13.1 Å². The van der Waals surface area contributed by atoms with Gasteiger partial charge in [-0.15, -0.1) is 0 Å². The summed E-state index contributed by atoms with van der Waals surface area (Å²) in [6.45, 7) is 1.82. The lowest BCUT2D eigenvalue weighted by atomic mass is 10.2. The molecule has 1 heterocycles. The van der Waals surface area contributed by atoms with Gasteiger partial charge in [-0.3, -0.25) is 0 Å². The van der Waals surface area contributed by atoms with Crippen molar-refractivity contribution in [3.63, 3.8) is 0 Å². The van der Waals surface area contributed by atoms with E-state index < -0.39 is 11.8 Å². The maximum Gasteiger partial charge on any atom is 0.373 e. The number of carbonyl (C=O) groups excluding carboxylic acids is 1. The van der Waals surface area contributed by atoms with Crippen LogP contribution in [0.15, 0.2) is 34.7 Å². The van der Waals surface area contributed by atoms with Gasteiger partial charge in [0.25, 0.3) is 0 Å². The first kappa shape index (κ1) is 14.4. The Balaban J connectivity index is 2.13. The number of hydrogen-bond donors (Lipinski definition) is 1. The Hall–Kier alpha value is -2.01. The van der Waals surface area contributed by atoms with Gasteiger partial charge in [-0.05, 0) is 37.3 Å². The molecule has 106 valence electrons. The molecule has 4 nitrogen and oxygen atoms in total. The second kappa shape index (κ2) is 5.96. The number of hydrogen-bond acceptors (Lipinski definition) is 4. The van der Waals surface area contributed by atoms with Crippen molar-refractivity contribution in [2.24, 2.45) is 0 Å². The molecule has 20 heavy (non-hydrogen) atoms. The molecule has 1 N–H and O–H groups in total. The zero-order valence-electron chi connectivity index (χ0n) is 10.9. The molecule has 0 saturated carbocycles. The predicted octanol–water partition coefficient (Wildman–Crippen LogP) is 4.03. The number of benzene rings is 1. The highest BCUT2D eigenvalue weighted by Crippen LogP contribution is 2.24. The molecule has 2 aromatic rings. The van der Waals surface area contributed by atoms with Crippen LogP contribution in [0, 0.1) is 5.82 Å². The second-order valence-corrected chi connectivity index (χ2v) is 4.65. The van der Waals surface area contributed by atoms with Gasteiger partial charge in [-0.1, -0.05) is 11.6 Å². The summed E-state index contributed by atoms with van der Waals surface area (Å²) in [5.41, 5.74) is 0.526. The summed E-state index contributed by atoms with van der Waals surface area (Å²) >= 11 is 5.78. The summed E-state index contributed by atoms with van der Waals surface area (Å²) in [6.07, 6.45) is 0. The minimum absolute atomic E-state index is 0.119. The Morgan fingerprint density at radius 3 is 2.80 bits per heavy atom. The molecule has 0 bridgehead atoms. The molecule has 0 aliphatic heterocycles. The third-order valence-corrected chi connectivity index (χ3v) is 2.90. The number of methoxy groups -OCH3 is 1. The summed E-state index contributed by atoms with van der Waals surface area (Å²) in [5.74, 6) is -0.321. The quantitative estimate of drug-likeness (QED) is 0.866. The van der Waals surface area contributed by atoms with Gasteiger partial charge in [0, 0.05) is 10.7 Å². The van der Waals surface area contributed by atoms with E-state index in [-0.39, 0.29) is 11.8 Å². The Kier molecular flexibility index (Phi) is 4.29. The summed E-state index contributed by atoms with van der Waals surface area (Å²) in [4.78, 5) is 11.3. The Bertz CT molecular complexity index is 606. The van der Waals surface area contributed by atoms with Crippen molar-refractivity contribution in [2.45, 2.75) is 13.0 Å². The number of halogens is 2. The van der Waals surface area contributed by atoms with Gasteiger partial charge in [0.15, 0.2) is 0 Å². The number of nitrogens with one attached hydrogen (secondary N) is 1. The first-order valence-electron chi connectivity index (χ1n) is 5.90. The van der Waals surface area contributed by atoms with Crippen LogP contribution in [0.1, 0.15) is 29.3 Å². The lowest BCUT2D eigenvalue weighted by molar-refractivity contribution is 0.0562. The van der Waals surface area contributed by atoms with Gasteiger partial charge in [0.05, 0.1) is 13.2 Å². The van der Waals surface area contributed by atoms with E-state index in [1.165, 1.54) is 25.3 Å². The molecule has 0 saturated heterocycles. The van der Waals surface area contributed by atoms with E-state index in [1.54, 1.807) is 12.1 Å². The monoisotopic (exact) mass is 297 g/mol. The number of anilines is 1. The highest BCUT2D eigenvalue weighted by molar-refractivity contribution is 6.30. The first-order chi connectivity index (χ1) is 9.49. The van der Waals surface area contributed by atoms with E-state index in [4.69, 9.17) is 16.0 Å². The molecule has 2 rings (SSSR count). The van der Waals surface area contributed by atoms with E-state index in [0.717, 1.165) is 0 Å². The van der Waals surface area contributed by atoms with Crippen molar-refractivity contribution in [2.75, 3.05) is 12.4 Å². The normalized spacial score (nSPS) is 12.0. The SMILES string of the molecule is COC(=O)c1ccc(C(C)Nc2cc(F)cc(Cl)c2)o1. The summed E-state index contributed by atoms with van der Waals surface area (Å²) < 4.78 is 23.2. The number of esters is 1. The van der Waals surface area contributed by atoms with Gasteiger partial charge in [-0.2, -0.15) is 0 Å². The smallest absolute Gasteiger partial charge is 0.373 e. The predicted molar refractivity (Wildman–Crippen MR) is 73.5 cm³/mol. The zero-order chi connectivity index (χ0) is 14.7. The van der Waals surface area contributed by atoms with Crippen LogP contribution in [0.5, 0.6) is 0 Å². The van der Waals surface area contributed by atoms with E-state index in [9.17, 15) is 9.18 Å². The highest BCUT2D eigenvalue weighted by Gasteiger charge is 2.15. The number of rotatable bonds is 4. The standard InChI is InChI=1S/C14H13ClFNO3/c1-8(12-3-4-13(20-12)14(18)19-2)17-11-6-9(15)5-10(16)7-11/h3-8,17H,1-2H3. The molecule has 0 fully saturated rings. The third kappa shape index (κ3) is 3.30. The molecule has 0 aliphatic rings. The molecule has 0 radical (unpaired) electrons. The molecule has 1 aromatic carbocycles. The van der Waals surface area contributed by atoms with Gasteiger partial charge < -0.3 is 14.5 Å². The van der Waals surface area contributed by atoms with Gasteiger partial charge in [-0.25, -0.2) is 9.18 Å². The fourth-order valence-corrected chi connectivity index (χ4v) is 1.98. The number of ether oxygens (including phenoxy) is 1. The first-order valence-corrected chi connectivity index (χ1v) is 6.28. The fourth-order valence-electron chi connectivity index (χ4n) is 1.75. The highest BCUT2D eigenvalue weighted by atomic mass is 35.5. The van der Waals surface area contributed by atoms with Crippen molar-refractivity contribution in [3.05, 3.63) is 52.7 Å². The molecule has 6 heteroatoms. The van der Waals surface area contributed by atoms with Gasteiger partial charge >= 0.3 is 5.97 Å². The van der Waals surface area contributed by atoms with E-state index in [1.807, 2.05) is 6.92 Å². The van der Waals surface area contributed by atoms with Crippen LogP contribution >= 0.6 is 11.6 Å². The Morgan fingerprint density at radius 2 is 2.15 bits per heavy atom. The molecule has 0 amide bonds. The average Bonchev–Trinajstić information content (AvgIpc) is 2.86. The van der Waals surface area contributed by atoms with Crippen molar-refractivity contribution in [3.8, 4) is 0 Å². The largest absolute Gasteiger partial charge is 0.463 e. The molecule has 1 atom stereocenters. The molecule has 1 aromatic heterocycles. The van der Waals surface area contributed by atoms with Crippen molar-refractivity contribution in [1.29, 1.82) is 0 Å². The van der Waals surface area contributed by atoms with Crippen LogP contribution in [-0.2, 0) is 4.74 Å². The van der Waals surface area contributed by atoms with Crippen LogP contribution in [0.4, 0.5) is 10.1 Å². The van der Waals surface area contributed by atoms with Crippen molar-refractivity contribution >= 4 is 23.3 Å². The van der Waals surface area contributed by atoms with Crippen LogP contribution < -0.4 is 5.32 Å². The topological polar surface area (TPSA) is 51.5 Å². The Labute approximate surface area is 120 Å². The number of carbonyl (C=O) groups is 1. The average molecular weight is 298 g/mol. The molecule has 1 unspecified atom stereocenters. The van der Waals surface area contributed by atoms with Crippen LogP contribution in [0.2, 0.25) is 5.02 Å². The summed E-state index contributed by atoms with van der Waals surface area (Å²) in [5, 5.41) is 3.34.